The number of hydrogen-bond acceptors (Lipinski definition) is 10. The molecule has 0 atom stereocenters. The quantitative estimate of drug-likeness (QED) is 0.226. The molecule has 0 aliphatic heterocycles. The number of rotatable bonds is 3. The monoisotopic (exact) mass is 525 g/mol. The number of carbonyl (C=O) groups excluding carboxylic acids is 3. The Morgan fingerprint density at radius 1 is 0.694 bits per heavy atom. The summed E-state index contributed by atoms with van der Waals surface area (Å²) in [5.74, 6) is 0. The highest BCUT2D eigenvalue weighted by atomic mass is 16.8. The van der Waals surface area contributed by atoms with Gasteiger partial charge in [-0.2, -0.15) is 0 Å². The highest BCUT2D eigenvalue weighted by molar-refractivity contribution is 5.77. The topological polar surface area (TPSA) is 178 Å². The van der Waals surface area contributed by atoms with Gasteiger partial charge in [0.05, 0.1) is 0 Å². The molecular weight excluding hydrogens is 468 g/mol. The van der Waals surface area contributed by atoms with E-state index in [1.54, 1.807) is 48.5 Å². The van der Waals surface area contributed by atoms with Crippen molar-refractivity contribution >= 4 is 18.4 Å². The molecule has 0 aliphatic rings. The molecule has 7 N–H and O–H groups in total. The Morgan fingerprint density at radius 2 is 0.972 bits per heavy atom. The molecule has 0 heterocycles. The van der Waals surface area contributed by atoms with Gasteiger partial charge in [-0.3, -0.25) is 0 Å². The van der Waals surface area contributed by atoms with Gasteiger partial charge in [0.1, 0.15) is 16.8 Å². The number of amides is 1. The van der Waals surface area contributed by atoms with Gasteiger partial charge in [-0.05, 0) is 90.0 Å². The SMILES string of the molecule is CC(C)(C)OC(=O)OC(=O)OC(C)(C)C.CC(C)(N)CN.CC(C)(N)CNC(=O)OC(C)(C)C.[2H]CC. The second-order valence-electron chi connectivity index (χ2n) is 12.1. The molecule has 0 aromatic rings. The van der Waals surface area contributed by atoms with Crippen LogP contribution in [0.15, 0.2) is 0 Å². The Kier molecular flexibility index (Phi) is 18.5. The molecule has 0 saturated carbocycles. The van der Waals surface area contributed by atoms with E-state index in [1.807, 2.05) is 48.5 Å². The van der Waals surface area contributed by atoms with E-state index in [4.69, 9.17) is 32.8 Å². The molecule has 0 fully saturated rings. The van der Waals surface area contributed by atoms with Gasteiger partial charge in [0.25, 0.3) is 0 Å². The lowest BCUT2D eigenvalue weighted by molar-refractivity contribution is -0.0294. The van der Waals surface area contributed by atoms with E-state index in [-0.39, 0.29) is 5.54 Å². The second-order valence-corrected chi connectivity index (χ2v) is 12.1. The molecule has 0 bridgehead atoms. The molecule has 0 saturated heterocycles. The van der Waals surface area contributed by atoms with Gasteiger partial charge in [0.15, 0.2) is 0 Å². The third-order valence-corrected chi connectivity index (χ3v) is 2.56. The van der Waals surface area contributed by atoms with Crippen molar-refractivity contribution in [2.24, 2.45) is 17.2 Å². The zero-order valence-electron chi connectivity index (χ0n) is 26.2. The van der Waals surface area contributed by atoms with E-state index in [9.17, 15) is 14.4 Å². The summed E-state index contributed by atoms with van der Waals surface area (Å²) >= 11 is 0. The van der Waals surface area contributed by atoms with Crippen molar-refractivity contribution in [3.63, 3.8) is 0 Å². The summed E-state index contributed by atoms with van der Waals surface area (Å²) < 4.78 is 25.0. The van der Waals surface area contributed by atoms with Gasteiger partial charge in [0, 0.05) is 25.5 Å². The van der Waals surface area contributed by atoms with Gasteiger partial charge in [-0.15, -0.1) is 0 Å². The van der Waals surface area contributed by atoms with Gasteiger partial charge in [-0.1, -0.05) is 13.8 Å². The first kappa shape index (κ1) is 38.4. The van der Waals surface area contributed by atoms with Crippen LogP contribution in [0.4, 0.5) is 14.4 Å². The molecule has 0 aromatic heterocycles. The number of carbonyl (C=O) groups is 3. The fourth-order valence-corrected chi connectivity index (χ4v) is 1.22. The van der Waals surface area contributed by atoms with Crippen LogP contribution < -0.4 is 22.5 Å². The normalized spacial score (nSPS) is 12.0. The van der Waals surface area contributed by atoms with Crippen molar-refractivity contribution in [3.05, 3.63) is 0 Å². The minimum Gasteiger partial charge on any atom is -0.444 e. The van der Waals surface area contributed by atoms with E-state index in [1.165, 1.54) is 0 Å². The Hall–Kier alpha value is -2.11. The lowest BCUT2D eigenvalue weighted by atomic mass is 10.1. The average Bonchev–Trinajstić information content (AvgIpc) is 2.55. The first-order chi connectivity index (χ1) is 16.1. The van der Waals surface area contributed by atoms with Crippen LogP contribution in [0.5, 0.6) is 0 Å². The van der Waals surface area contributed by atoms with Crippen LogP contribution in [0.3, 0.4) is 0 Å². The van der Waals surface area contributed by atoms with Gasteiger partial charge >= 0.3 is 18.4 Å². The Labute approximate surface area is 220 Å². The summed E-state index contributed by atoms with van der Waals surface area (Å²) in [6.07, 6.45) is -2.54. The molecular formula is C25H56N4O7. The zero-order chi connectivity index (χ0) is 30.9. The van der Waals surface area contributed by atoms with Crippen LogP contribution in [0.25, 0.3) is 0 Å². The maximum atomic E-state index is 11.1. The number of hydrogen-bond donors (Lipinski definition) is 4. The molecule has 11 heteroatoms. The standard InChI is InChI=1S/C10H18O5.C9H20N2O2.C4H12N2.C2H6/c1-9(2,3)14-7(11)13-8(12)15-10(4,5)6;1-8(2,3)13-7(12)11-6-9(4,5)10;1-4(2,6)3-5;1-2/h1-6H3;6,10H2,1-5H3,(H,11,12);3,5-6H2,1-2H3;1-2H3/i;;;1D. The third-order valence-electron chi connectivity index (χ3n) is 2.56. The van der Waals surface area contributed by atoms with E-state index >= 15 is 0 Å². The summed E-state index contributed by atoms with van der Waals surface area (Å²) in [4.78, 5) is 33.1. The minimum absolute atomic E-state index is 0.181. The number of ether oxygens (including phenoxy) is 4. The fraction of sp³-hybridized carbons (Fsp3) is 0.880. The van der Waals surface area contributed by atoms with Crippen molar-refractivity contribution in [1.82, 2.24) is 5.32 Å². The summed E-state index contributed by atoms with van der Waals surface area (Å²) in [5.41, 5.74) is 13.8. The lowest BCUT2D eigenvalue weighted by Gasteiger charge is -2.23. The van der Waals surface area contributed by atoms with Gasteiger partial charge in [-0.25, -0.2) is 14.4 Å². The summed E-state index contributed by atoms with van der Waals surface area (Å²) in [5, 5.41) is 2.59. The summed E-state index contributed by atoms with van der Waals surface area (Å²) in [7, 11) is 0. The molecule has 0 radical (unpaired) electrons. The van der Waals surface area contributed by atoms with Crippen LogP contribution in [0, 0.1) is 0 Å². The van der Waals surface area contributed by atoms with E-state index in [0.717, 1.165) is 0 Å². The molecule has 11 nitrogen and oxygen atoms in total. The van der Waals surface area contributed by atoms with E-state index in [2.05, 4.69) is 10.1 Å². The van der Waals surface area contributed by atoms with Gasteiger partial charge in [0.2, 0.25) is 0 Å². The van der Waals surface area contributed by atoms with E-state index < -0.39 is 40.7 Å². The maximum absolute atomic E-state index is 11.1. The number of nitrogens with two attached hydrogens (primary N) is 3. The second kappa shape index (κ2) is 17.4. The Morgan fingerprint density at radius 3 is 1.17 bits per heavy atom. The van der Waals surface area contributed by atoms with Crippen molar-refractivity contribution in [1.29, 1.82) is 0 Å². The molecule has 0 spiro atoms. The Balaban J connectivity index is -0.000000224. The number of nitrogens with one attached hydrogen (secondary N) is 1. The smallest absolute Gasteiger partial charge is 0.444 e. The first-order valence-corrected chi connectivity index (χ1v) is 11.7. The zero-order valence-corrected chi connectivity index (χ0v) is 25.2. The molecule has 1 amide bonds. The predicted molar refractivity (Wildman–Crippen MR) is 145 cm³/mol. The largest absolute Gasteiger partial charge is 0.519 e. The van der Waals surface area contributed by atoms with Crippen molar-refractivity contribution < 1.29 is 34.7 Å². The fourth-order valence-electron chi connectivity index (χ4n) is 1.22. The number of alkyl carbamates (subject to hydrolysis) is 1. The molecule has 0 unspecified atom stereocenters. The van der Waals surface area contributed by atoms with Crippen LogP contribution in [0.1, 0.15) is 105 Å². The minimum atomic E-state index is -1.06. The van der Waals surface area contributed by atoms with E-state index in [0.29, 0.717) is 20.0 Å². The average molecular weight is 526 g/mol. The summed E-state index contributed by atoms with van der Waals surface area (Å²) in [6.45, 7) is 26.2. The molecule has 218 valence electrons. The highest BCUT2D eigenvalue weighted by Crippen LogP contribution is 2.11. The molecule has 36 heavy (non-hydrogen) atoms. The highest BCUT2D eigenvalue weighted by Gasteiger charge is 2.24. The van der Waals surface area contributed by atoms with Crippen molar-refractivity contribution in [3.8, 4) is 0 Å². The predicted octanol–water partition coefficient (Wildman–Crippen LogP) is 4.83. The first-order valence-electron chi connectivity index (χ1n) is 12.5. The lowest BCUT2D eigenvalue weighted by Crippen LogP contribution is -2.46. The van der Waals surface area contributed by atoms with Crippen molar-refractivity contribution in [2.75, 3.05) is 13.1 Å². The van der Waals surface area contributed by atoms with Crippen LogP contribution in [-0.4, -0.2) is 59.4 Å². The molecule has 0 aromatic carbocycles. The van der Waals surface area contributed by atoms with Gasteiger partial charge < -0.3 is 41.5 Å². The van der Waals surface area contributed by atoms with Crippen LogP contribution in [-0.2, 0) is 18.9 Å². The summed E-state index contributed by atoms with van der Waals surface area (Å²) in [6, 6.07) is 0. The molecule has 0 aliphatic carbocycles. The third kappa shape index (κ3) is 45.4. The maximum Gasteiger partial charge on any atom is 0.519 e. The van der Waals surface area contributed by atoms with Crippen LogP contribution in [0.2, 0.25) is 0 Å². The molecule has 0 rings (SSSR count). The van der Waals surface area contributed by atoms with Crippen LogP contribution >= 0.6 is 0 Å². The van der Waals surface area contributed by atoms with Crippen molar-refractivity contribution in [2.45, 2.75) is 132 Å². The Bertz CT molecular complexity index is 614.